The molecule has 0 aliphatic rings. The summed E-state index contributed by atoms with van der Waals surface area (Å²) < 4.78 is 2.06. The van der Waals surface area contributed by atoms with Gasteiger partial charge in [-0.25, -0.2) is 4.98 Å². The average molecular weight is 161 g/mol. The molecular formula is C9H11N3. The molecule has 0 bridgehead atoms. The Morgan fingerprint density at radius 1 is 1.33 bits per heavy atom. The summed E-state index contributed by atoms with van der Waals surface area (Å²) in [4.78, 5) is 6.29. The lowest BCUT2D eigenvalue weighted by Crippen LogP contribution is -2.11. The van der Waals surface area contributed by atoms with E-state index in [0.29, 0.717) is 0 Å². The zero-order valence-electron chi connectivity index (χ0n) is 7.23. The molecule has 0 aliphatic heterocycles. The summed E-state index contributed by atoms with van der Waals surface area (Å²) >= 11 is 0. The molecule has 0 aromatic carbocycles. The highest BCUT2D eigenvalue weighted by molar-refractivity contribution is 5.68. The highest BCUT2D eigenvalue weighted by Crippen LogP contribution is 2.15. The minimum atomic E-state index is 1.00. The number of nitrogens with zero attached hydrogens (tertiary/aromatic N) is 3. The predicted octanol–water partition coefficient (Wildman–Crippen LogP) is 1.40. The second-order valence-corrected chi connectivity index (χ2v) is 2.95. The molecule has 2 rings (SSSR count). The van der Waals surface area contributed by atoms with Gasteiger partial charge < -0.3 is 9.30 Å². The van der Waals surface area contributed by atoms with Crippen molar-refractivity contribution in [3.8, 4) is 0 Å². The quantitative estimate of drug-likeness (QED) is 0.630. The van der Waals surface area contributed by atoms with E-state index >= 15 is 0 Å². The first-order chi connectivity index (χ1) is 5.79. The first kappa shape index (κ1) is 7.16. The minimum Gasteiger partial charge on any atom is -0.361 e. The van der Waals surface area contributed by atoms with Gasteiger partial charge in [-0.15, -0.1) is 0 Å². The third-order valence-electron chi connectivity index (χ3n) is 1.86. The van der Waals surface area contributed by atoms with Crippen LogP contribution in [0.4, 0.5) is 5.82 Å². The van der Waals surface area contributed by atoms with E-state index < -0.39 is 0 Å². The van der Waals surface area contributed by atoms with E-state index in [1.54, 1.807) is 0 Å². The molecule has 0 saturated heterocycles. The molecule has 2 heterocycles. The maximum absolute atomic E-state index is 4.28. The molecule has 2 aromatic rings. The molecule has 2 aromatic heterocycles. The number of aromatic nitrogens is 2. The number of hydrogen-bond acceptors (Lipinski definition) is 2. The van der Waals surface area contributed by atoms with Crippen LogP contribution in [0.2, 0.25) is 0 Å². The van der Waals surface area contributed by atoms with Crippen LogP contribution in [0.5, 0.6) is 0 Å². The zero-order valence-corrected chi connectivity index (χ0v) is 7.23. The molecule has 62 valence electrons. The molecule has 0 spiro atoms. The fourth-order valence-corrected chi connectivity index (χ4v) is 1.30. The molecule has 0 atom stereocenters. The van der Waals surface area contributed by atoms with E-state index in [4.69, 9.17) is 0 Å². The van der Waals surface area contributed by atoms with Crippen molar-refractivity contribution in [1.29, 1.82) is 0 Å². The van der Waals surface area contributed by atoms with Crippen molar-refractivity contribution in [3.05, 3.63) is 30.7 Å². The normalized spacial score (nSPS) is 10.5. The smallest absolute Gasteiger partial charge is 0.152 e. The lowest BCUT2D eigenvalue weighted by molar-refractivity contribution is 1.04. The molecule has 0 amide bonds. The number of anilines is 1. The topological polar surface area (TPSA) is 20.5 Å². The summed E-state index contributed by atoms with van der Waals surface area (Å²) in [5.74, 6) is 1.00. The van der Waals surface area contributed by atoms with Gasteiger partial charge in [-0.1, -0.05) is 0 Å². The number of rotatable bonds is 1. The molecule has 0 fully saturated rings. The monoisotopic (exact) mass is 161 g/mol. The van der Waals surface area contributed by atoms with Gasteiger partial charge in [-0.05, 0) is 12.1 Å². The molecule has 0 radical (unpaired) electrons. The van der Waals surface area contributed by atoms with Crippen LogP contribution >= 0.6 is 0 Å². The fourth-order valence-electron chi connectivity index (χ4n) is 1.30. The van der Waals surface area contributed by atoms with Crippen molar-refractivity contribution in [3.63, 3.8) is 0 Å². The van der Waals surface area contributed by atoms with E-state index in [1.807, 2.05) is 43.7 Å². The van der Waals surface area contributed by atoms with Gasteiger partial charge in [-0.2, -0.15) is 0 Å². The van der Waals surface area contributed by atoms with Crippen LogP contribution in [0.25, 0.3) is 5.52 Å². The van der Waals surface area contributed by atoms with Crippen LogP contribution in [-0.4, -0.2) is 23.5 Å². The largest absolute Gasteiger partial charge is 0.361 e. The lowest BCUT2D eigenvalue weighted by atomic mass is 10.4. The average Bonchev–Trinajstić information content (AvgIpc) is 2.49. The van der Waals surface area contributed by atoms with Crippen molar-refractivity contribution in [2.45, 2.75) is 0 Å². The Kier molecular flexibility index (Phi) is 1.50. The lowest BCUT2D eigenvalue weighted by Gasteiger charge is -2.11. The molecular weight excluding hydrogens is 150 g/mol. The third kappa shape index (κ3) is 0.942. The van der Waals surface area contributed by atoms with Crippen LogP contribution in [0.1, 0.15) is 0 Å². The van der Waals surface area contributed by atoms with Gasteiger partial charge in [0.25, 0.3) is 0 Å². The van der Waals surface area contributed by atoms with Gasteiger partial charge in [0.05, 0.1) is 5.52 Å². The maximum Gasteiger partial charge on any atom is 0.152 e. The first-order valence-corrected chi connectivity index (χ1v) is 3.88. The van der Waals surface area contributed by atoms with Gasteiger partial charge in [0.2, 0.25) is 0 Å². The Hall–Kier alpha value is -1.51. The summed E-state index contributed by atoms with van der Waals surface area (Å²) in [6, 6.07) is 4.08. The van der Waals surface area contributed by atoms with Crippen molar-refractivity contribution >= 4 is 11.3 Å². The molecule has 12 heavy (non-hydrogen) atoms. The summed E-state index contributed by atoms with van der Waals surface area (Å²) in [5.41, 5.74) is 1.14. The number of fused-ring (bicyclic) bond motifs is 1. The Balaban J connectivity index is 2.73. The van der Waals surface area contributed by atoms with Crippen molar-refractivity contribution in [1.82, 2.24) is 9.38 Å². The van der Waals surface area contributed by atoms with E-state index in [2.05, 4.69) is 15.5 Å². The van der Waals surface area contributed by atoms with Gasteiger partial charge >= 0.3 is 0 Å². The van der Waals surface area contributed by atoms with Crippen LogP contribution in [0.3, 0.4) is 0 Å². The maximum atomic E-state index is 4.28. The molecule has 0 unspecified atom stereocenters. The SMILES string of the molecule is CN(C)c1nccn2cccc12. The van der Waals surface area contributed by atoms with Gasteiger partial charge in [0, 0.05) is 32.7 Å². The molecule has 0 N–H and O–H groups in total. The third-order valence-corrected chi connectivity index (χ3v) is 1.86. The second-order valence-electron chi connectivity index (χ2n) is 2.95. The van der Waals surface area contributed by atoms with E-state index in [0.717, 1.165) is 11.3 Å². The van der Waals surface area contributed by atoms with Gasteiger partial charge in [0.15, 0.2) is 5.82 Å². The standard InChI is InChI=1S/C9H11N3/c1-11(2)9-8-4-3-6-12(8)7-5-10-9/h3-7H,1-2H3. The van der Waals surface area contributed by atoms with Crippen LogP contribution in [-0.2, 0) is 0 Å². The first-order valence-electron chi connectivity index (χ1n) is 3.88. The Bertz CT molecular complexity index is 389. The van der Waals surface area contributed by atoms with Crippen molar-refractivity contribution < 1.29 is 0 Å². The second kappa shape index (κ2) is 2.52. The highest BCUT2D eigenvalue weighted by Gasteiger charge is 2.01. The summed E-state index contributed by atoms with van der Waals surface area (Å²) in [6.45, 7) is 0. The molecule has 0 saturated carbocycles. The predicted molar refractivity (Wildman–Crippen MR) is 49.5 cm³/mol. The summed E-state index contributed by atoms with van der Waals surface area (Å²) in [5, 5.41) is 0. The van der Waals surface area contributed by atoms with Crippen LogP contribution in [0.15, 0.2) is 30.7 Å². The van der Waals surface area contributed by atoms with E-state index in [9.17, 15) is 0 Å². The number of hydrogen-bond donors (Lipinski definition) is 0. The zero-order chi connectivity index (χ0) is 8.55. The van der Waals surface area contributed by atoms with Crippen molar-refractivity contribution in [2.75, 3.05) is 19.0 Å². The van der Waals surface area contributed by atoms with Gasteiger partial charge in [0.1, 0.15) is 0 Å². The Labute approximate surface area is 71.3 Å². The molecule has 3 heteroatoms. The van der Waals surface area contributed by atoms with E-state index in [1.165, 1.54) is 0 Å². The van der Waals surface area contributed by atoms with Gasteiger partial charge in [-0.3, -0.25) is 0 Å². The molecule has 0 aliphatic carbocycles. The molecule has 3 nitrogen and oxygen atoms in total. The Morgan fingerprint density at radius 3 is 2.92 bits per heavy atom. The van der Waals surface area contributed by atoms with Crippen molar-refractivity contribution in [2.24, 2.45) is 0 Å². The van der Waals surface area contributed by atoms with E-state index in [-0.39, 0.29) is 0 Å². The van der Waals surface area contributed by atoms with Crippen LogP contribution < -0.4 is 4.90 Å². The summed E-state index contributed by atoms with van der Waals surface area (Å²) in [6.07, 6.45) is 5.77. The van der Waals surface area contributed by atoms with Crippen LogP contribution in [0, 0.1) is 0 Å². The summed E-state index contributed by atoms with van der Waals surface area (Å²) in [7, 11) is 3.99. The Morgan fingerprint density at radius 2 is 2.17 bits per heavy atom. The fraction of sp³-hybridized carbons (Fsp3) is 0.222. The minimum absolute atomic E-state index is 1.00. The highest BCUT2D eigenvalue weighted by atomic mass is 15.2.